The standard InChI is InChI=1S/C20H31N5O2/c1-3-10-25(11-4-2)20-22-17-16(19(27)23-20)15(26)14-21-18(17)24-12-8-6-5-7-9-13-24/h3-14H2,1-2H3,(H,22,23,27). The molecule has 1 aromatic rings. The van der Waals surface area contributed by atoms with E-state index in [4.69, 9.17) is 4.98 Å². The number of aromatic nitrogens is 2. The number of carbonyl (C=O) groups is 1. The fourth-order valence-corrected chi connectivity index (χ4v) is 3.90. The van der Waals surface area contributed by atoms with Gasteiger partial charge in [0.2, 0.25) is 5.95 Å². The quantitative estimate of drug-likeness (QED) is 0.858. The van der Waals surface area contributed by atoms with Crippen molar-refractivity contribution in [3.8, 4) is 0 Å². The molecule has 0 radical (unpaired) electrons. The third-order valence-electron chi connectivity index (χ3n) is 5.21. The molecule has 7 heteroatoms. The summed E-state index contributed by atoms with van der Waals surface area (Å²) in [5.74, 6) is 1.04. The van der Waals surface area contributed by atoms with Crippen molar-refractivity contribution in [1.29, 1.82) is 0 Å². The molecule has 1 saturated heterocycles. The number of aromatic amines is 1. The molecule has 1 aromatic heterocycles. The molecule has 2 aliphatic heterocycles. The van der Waals surface area contributed by atoms with Crippen molar-refractivity contribution in [3.63, 3.8) is 0 Å². The minimum atomic E-state index is -0.336. The summed E-state index contributed by atoms with van der Waals surface area (Å²) in [4.78, 5) is 41.6. The van der Waals surface area contributed by atoms with Gasteiger partial charge in [0, 0.05) is 26.2 Å². The first-order valence-electron chi connectivity index (χ1n) is 10.4. The monoisotopic (exact) mass is 373 g/mol. The second kappa shape index (κ2) is 9.15. The number of likely N-dealkylation sites (tertiary alicyclic amines) is 1. The zero-order chi connectivity index (χ0) is 19.2. The van der Waals surface area contributed by atoms with Gasteiger partial charge in [-0.2, -0.15) is 0 Å². The van der Waals surface area contributed by atoms with Gasteiger partial charge in [0.15, 0.2) is 11.6 Å². The maximum atomic E-state index is 12.7. The lowest BCUT2D eigenvalue weighted by Crippen LogP contribution is -2.42. The van der Waals surface area contributed by atoms with E-state index in [9.17, 15) is 9.59 Å². The van der Waals surface area contributed by atoms with Crippen molar-refractivity contribution >= 4 is 17.6 Å². The Morgan fingerprint density at radius 1 is 1.00 bits per heavy atom. The highest BCUT2D eigenvalue weighted by Gasteiger charge is 2.30. The van der Waals surface area contributed by atoms with Crippen molar-refractivity contribution in [2.75, 3.05) is 37.6 Å². The SMILES string of the molecule is CCCN(CCC)c1nc2c(c(=O)[nH]1)C(=O)CN=C2N1CCCCCCC1. The van der Waals surface area contributed by atoms with Gasteiger partial charge in [-0.05, 0) is 25.7 Å². The summed E-state index contributed by atoms with van der Waals surface area (Å²) < 4.78 is 0. The van der Waals surface area contributed by atoms with E-state index in [0.29, 0.717) is 11.6 Å². The highest BCUT2D eigenvalue weighted by Crippen LogP contribution is 2.19. The molecule has 0 saturated carbocycles. The van der Waals surface area contributed by atoms with E-state index in [1.54, 1.807) is 0 Å². The Morgan fingerprint density at radius 2 is 1.63 bits per heavy atom. The van der Waals surface area contributed by atoms with Crippen molar-refractivity contribution in [1.82, 2.24) is 14.9 Å². The highest BCUT2D eigenvalue weighted by molar-refractivity contribution is 6.13. The van der Waals surface area contributed by atoms with E-state index >= 15 is 0 Å². The maximum Gasteiger partial charge on any atom is 0.264 e. The Kier molecular flexibility index (Phi) is 6.63. The fourth-order valence-electron chi connectivity index (χ4n) is 3.90. The summed E-state index contributed by atoms with van der Waals surface area (Å²) >= 11 is 0. The summed E-state index contributed by atoms with van der Waals surface area (Å²) in [6.07, 6.45) is 7.85. The van der Waals surface area contributed by atoms with Crippen LogP contribution >= 0.6 is 0 Å². The molecule has 148 valence electrons. The van der Waals surface area contributed by atoms with Crippen LogP contribution in [0, 0.1) is 0 Å². The molecule has 0 spiro atoms. The van der Waals surface area contributed by atoms with Crippen LogP contribution in [0.4, 0.5) is 5.95 Å². The van der Waals surface area contributed by atoms with E-state index in [0.717, 1.165) is 57.7 Å². The van der Waals surface area contributed by atoms with Crippen molar-refractivity contribution in [3.05, 3.63) is 21.6 Å². The number of nitrogens with zero attached hydrogens (tertiary/aromatic N) is 4. The molecule has 27 heavy (non-hydrogen) atoms. The molecule has 7 nitrogen and oxygen atoms in total. The fraction of sp³-hybridized carbons (Fsp3) is 0.700. The minimum absolute atomic E-state index is 0.0383. The Bertz CT molecular complexity index is 741. The summed E-state index contributed by atoms with van der Waals surface area (Å²) in [5.41, 5.74) is 0.318. The van der Waals surface area contributed by atoms with Crippen LogP contribution in [-0.2, 0) is 0 Å². The average Bonchev–Trinajstić information content (AvgIpc) is 2.62. The zero-order valence-electron chi connectivity index (χ0n) is 16.6. The van der Waals surface area contributed by atoms with Gasteiger partial charge in [0.25, 0.3) is 5.56 Å². The van der Waals surface area contributed by atoms with E-state index < -0.39 is 0 Å². The molecular weight excluding hydrogens is 342 g/mol. The van der Waals surface area contributed by atoms with E-state index in [-0.39, 0.29) is 23.5 Å². The van der Waals surface area contributed by atoms with Crippen molar-refractivity contribution in [2.45, 2.75) is 58.8 Å². The summed E-state index contributed by atoms with van der Waals surface area (Å²) in [6, 6.07) is 0. The van der Waals surface area contributed by atoms with Crippen molar-refractivity contribution < 1.29 is 4.79 Å². The van der Waals surface area contributed by atoms with Crippen LogP contribution in [0.1, 0.15) is 74.8 Å². The van der Waals surface area contributed by atoms with Gasteiger partial charge in [-0.1, -0.05) is 33.1 Å². The summed E-state index contributed by atoms with van der Waals surface area (Å²) in [5, 5.41) is 0. The predicted molar refractivity (Wildman–Crippen MR) is 108 cm³/mol. The number of carbonyl (C=O) groups excluding carboxylic acids is 1. The third kappa shape index (κ3) is 4.39. The first-order chi connectivity index (χ1) is 13.2. The Morgan fingerprint density at radius 3 is 2.26 bits per heavy atom. The van der Waals surface area contributed by atoms with E-state index in [2.05, 4.69) is 33.6 Å². The number of nitrogens with one attached hydrogen (secondary N) is 1. The summed E-state index contributed by atoms with van der Waals surface area (Å²) in [6.45, 7) is 7.70. The Labute approximate surface area is 160 Å². The van der Waals surface area contributed by atoms with Gasteiger partial charge >= 0.3 is 0 Å². The molecule has 0 aliphatic carbocycles. The lowest BCUT2D eigenvalue weighted by Gasteiger charge is -2.30. The van der Waals surface area contributed by atoms with Gasteiger partial charge in [-0.15, -0.1) is 0 Å². The van der Waals surface area contributed by atoms with Crippen LogP contribution in [0.2, 0.25) is 0 Å². The van der Waals surface area contributed by atoms with Gasteiger partial charge < -0.3 is 9.80 Å². The first kappa shape index (κ1) is 19.6. The molecule has 0 atom stereocenters. The predicted octanol–water partition coefficient (Wildman–Crippen LogP) is 2.61. The number of ketones is 1. The number of Topliss-reactive ketones (excluding diaryl/α,β-unsaturated/α-hetero) is 1. The highest BCUT2D eigenvalue weighted by atomic mass is 16.1. The van der Waals surface area contributed by atoms with Crippen LogP contribution in [0.25, 0.3) is 0 Å². The number of hydrogen-bond acceptors (Lipinski definition) is 6. The molecule has 0 unspecified atom stereocenters. The molecule has 1 fully saturated rings. The molecule has 0 bridgehead atoms. The molecule has 3 heterocycles. The zero-order valence-corrected chi connectivity index (χ0v) is 16.6. The lowest BCUT2D eigenvalue weighted by atomic mass is 10.0. The molecule has 0 amide bonds. The van der Waals surface area contributed by atoms with Gasteiger partial charge in [-0.25, -0.2) is 4.98 Å². The lowest BCUT2D eigenvalue weighted by molar-refractivity contribution is 0.0997. The average molecular weight is 374 g/mol. The maximum absolute atomic E-state index is 12.7. The third-order valence-corrected chi connectivity index (χ3v) is 5.21. The number of hydrogen-bond donors (Lipinski definition) is 1. The number of aliphatic imine (C=N–C) groups is 1. The summed E-state index contributed by atoms with van der Waals surface area (Å²) in [7, 11) is 0. The van der Waals surface area contributed by atoms with E-state index in [1.165, 1.54) is 19.3 Å². The first-order valence-corrected chi connectivity index (χ1v) is 10.4. The molecule has 2 aliphatic rings. The largest absolute Gasteiger partial charge is 0.355 e. The van der Waals surface area contributed by atoms with Gasteiger partial charge in [-0.3, -0.25) is 19.6 Å². The number of anilines is 1. The van der Waals surface area contributed by atoms with Crippen LogP contribution in [0.5, 0.6) is 0 Å². The van der Waals surface area contributed by atoms with Crippen LogP contribution in [0.15, 0.2) is 9.79 Å². The minimum Gasteiger partial charge on any atom is -0.355 e. The normalized spacial score (nSPS) is 17.8. The molecule has 0 aromatic carbocycles. The second-order valence-corrected chi connectivity index (χ2v) is 7.42. The number of H-pyrrole nitrogens is 1. The van der Waals surface area contributed by atoms with Crippen molar-refractivity contribution in [2.24, 2.45) is 4.99 Å². The van der Waals surface area contributed by atoms with Crippen LogP contribution in [-0.4, -0.2) is 59.2 Å². The van der Waals surface area contributed by atoms with Crippen LogP contribution < -0.4 is 10.5 Å². The van der Waals surface area contributed by atoms with Gasteiger partial charge in [0.05, 0.1) is 0 Å². The smallest absolute Gasteiger partial charge is 0.264 e. The second-order valence-electron chi connectivity index (χ2n) is 7.42. The van der Waals surface area contributed by atoms with Crippen LogP contribution in [0.3, 0.4) is 0 Å². The molecule has 3 rings (SSSR count). The molecule has 1 N–H and O–H groups in total. The Hall–Kier alpha value is -2.18. The Balaban J connectivity index is 2.01. The number of fused-ring (bicyclic) bond motifs is 1. The molecular formula is C20H31N5O2. The van der Waals surface area contributed by atoms with E-state index in [1.807, 2.05) is 0 Å². The number of amidine groups is 1. The topological polar surface area (TPSA) is 81.7 Å². The number of rotatable bonds is 5. The van der Waals surface area contributed by atoms with Gasteiger partial charge in [0.1, 0.15) is 17.8 Å².